The zero-order valence-electron chi connectivity index (χ0n) is 19.9. The van der Waals surface area contributed by atoms with Crippen molar-refractivity contribution in [2.24, 2.45) is 0 Å². The van der Waals surface area contributed by atoms with Crippen LogP contribution in [0.1, 0.15) is 42.3 Å². The molecule has 1 unspecified atom stereocenters. The smallest absolute Gasteiger partial charge is 0.326 e. The number of benzene rings is 2. The molecule has 35 heavy (non-hydrogen) atoms. The zero-order valence-corrected chi connectivity index (χ0v) is 20.8. The highest BCUT2D eigenvalue weighted by Crippen LogP contribution is 2.30. The van der Waals surface area contributed by atoms with E-state index in [1.54, 1.807) is 63.2 Å². The lowest BCUT2D eigenvalue weighted by molar-refractivity contribution is -0.157. The molecule has 8 nitrogen and oxygen atoms in total. The Morgan fingerprint density at radius 3 is 2.57 bits per heavy atom. The SMILES string of the molecule is COc1cc(C=CC(=O)c2cccc(CC3SC(=O)N(CC(=O)OC(C)(C)C)C3=O)c2)ccc1O. The summed E-state index contributed by atoms with van der Waals surface area (Å²) >= 11 is 0.861. The number of rotatable bonds is 8. The molecule has 2 aromatic rings. The molecule has 0 saturated carbocycles. The van der Waals surface area contributed by atoms with E-state index in [1.807, 2.05) is 0 Å². The first-order valence-corrected chi connectivity index (χ1v) is 11.8. The molecular formula is C26H27NO7S. The minimum Gasteiger partial charge on any atom is -0.504 e. The number of hydrogen-bond acceptors (Lipinski definition) is 8. The van der Waals surface area contributed by atoms with E-state index in [4.69, 9.17) is 9.47 Å². The van der Waals surface area contributed by atoms with Crippen molar-refractivity contribution >= 4 is 40.7 Å². The minimum atomic E-state index is -0.717. The number of allylic oxidation sites excluding steroid dienone is 1. The number of esters is 1. The molecule has 0 aliphatic carbocycles. The molecule has 2 amide bonds. The molecule has 9 heteroatoms. The largest absolute Gasteiger partial charge is 0.504 e. The summed E-state index contributed by atoms with van der Waals surface area (Å²) in [5, 5.41) is 8.51. The van der Waals surface area contributed by atoms with Crippen molar-refractivity contribution in [3.63, 3.8) is 0 Å². The summed E-state index contributed by atoms with van der Waals surface area (Å²) in [6.07, 6.45) is 3.26. The quantitative estimate of drug-likeness (QED) is 0.328. The van der Waals surface area contributed by atoms with Gasteiger partial charge in [0.05, 0.1) is 12.4 Å². The van der Waals surface area contributed by atoms with Crippen LogP contribution in [-0.4, -0.2) is 57.4 Å². The van der Waals surface area contributed by atoms with Crippen LogP contribution in [0.15, 0.2) is 48.5 Å². The van der Waals surface area contributed by atoms with Crippen molar-refractivity contribution < 1.29 is 33.8 Å². The maximum absolute atomic E-state index is 12.7. The Morgan fingerprint density at radius 2 is 1.89 bits per heavy atom. The molecule has 1 aliphatic rings. The van der Waals surface area contributed by atoms with Crippen LogP contribution < -0.4 is 4.74 Å². The Kier molecular flexibility index (Phi) is 8.01. The van der Waals surface area contributed by atoms with Crippen LogP contribution in [0.3, 0.4) is 0 Å². The summed E-state index contributed by atoms with van der Waals surface area (Å²) < 4.78 is 10.3. The van der Waals surface area contributed by atoms with E-state index in [1.165, 1.54) is 19.3 Å². The predicted molar refractivity (Wildman–Crippen MR) is 133 cm³/mol. The molecule has 0 spiro atoms. The van der Waals surface area contributed by atoms with Gasteiger partial charge in [0.2, 0.25) is 5.91 Å². The lowest BCUT2D eigenvalue weighted by Gasteiger charge is -2.21. The number of amides is 2. The normalized spacial score (nSPS) is 16.1. The van der Waals surface area contributed by atoms with Crippen LogP contribution in [0.4, 0.5) is 4.79 Å². The first-order valence-electron chi connectivity index (χ1n) is 10.9. The van der Waals surface area contributed by atoms with E-state index < -0.39 is 34.5 Å². The summed E-state index contributed by atoms with van der Waals surface area (Å²) in [6.45, 7) is 4.70. The van der Waals surface area contributed by atoms with Crippen molar-refractivity contribution in [3.8, 4) is 11.5 Å². The number of nitrogens with zero attached hydrogens (tertiary/aromatic N) is 1. The highest BCUT2D eigenvalue weighted by molar-refractivity contribution is 8.15. The molecule has 2 aromatic carbocycles. The molecule has 3 rings (SSSR count). The Balaban J connectivity index is 1.66. The van der Waals surface area contributed by atoms with Gasteiger partial charge in [-0.05, 0) is 62.6 Å². The van der Waals surface area contributed by atoms with Crippen LogP contribution in [0.25, 0.3) is 6.08 Å². The molecule has 0 radical (unpaired) electrons. The Morgan fingerprint density at radius 1 is 1.14 bits per heavy atom. The van der Waals surface area contributed by atoms with Gasteiger partial charge in [0.15, 0.2) is 17.3 Å². The molecule has 1 fully saturated rings. The summed E-state index contributed by atoms with van der Waals surface area (Å²) in [7, 11) is 1.44. The maximum Gasteiger partial charge on any atom is 0.326 e. The third-order valence-electron chi connectivity index (χ3n) is 4.98. The van der Waals surface area contributed by atoms with Crippen LogP contribution in [0.2, 0.25) is 0 Å². The van der Waals surface area contributed by atoms with Gasteiger partial charge in [0.25, 0.3) is 5.24 Å². The summed E-state index contributed by atoms with van der Waals surface area (Å²) in [5.41, 5.74) is 1.11. The van der Waals surface area contributed by atoms with Crippen LogP contribution in [0, 0.1) is 0 Å². The second kappa shape index (κ2) is 10.8. The van der Waals surface area contributed by atoms with E-state index in [2.05, 4.69) is 0 Å². The first-order chi connectivity index (χ1) is 16.5. The third-order valence-corrected chi connectivity index (χ3v) is 6.05. The molecule has 0 bridgehead atoms. The van der Waals surface area contributed by atoms with Gasteiger partial charge in [-0.25, -0.2) is 0 Å². The number of imide groups is 1. The summed E-state index contributed by atoms with van der Waals surface area (Å²) in [4.78, 5) is 50.7. The number of carbonyl (C=O) groups is 4. The fourth-order valence-electron chi connectivity index (χ4n) is 3.41. The van der Waals surface area contributed by atoms with Gasteiger partial charge in [0, 0.05) is 5.56 Å². The number of phenolic OH excluding ortho intramolecular Hbond substituents is 1. The standard InChI is InChI=1S/C26H27NO7S/c1-26(2,3)34-23(30)15-27-24(31)22(35-25(27)32)14-17-6-5-7-18(12-17)19(28)10-8-16-9-11-20(29)21(13-16)33-4/h5-13,22,29H,14-15H2,1-4H3. The van der Waals surface area contributed by atoms with Gasteiger partial charge < -0.3 is 14.6 Å². The third kappa shape index (κ3) is 6.95. The van der Waals surface area contributed by atoms with Gasteiger partial charge in [-0.15, -0.1) is 0 Å². The van der Waals surface area contributed by atoms with Crippen LogP contribution in [0.5, 0.6) is 11.5 Å². The van der Waals surface area contributed by atoms with E-state index in [9.17, 15) is 24.3 Å². The summed E-state index contributed by atoms with van der Waals surface area (Å²) in [6, 6.07) is 11.6. The molecule has 1 aliphatic heterocycles. The fourth-order valence-corrected chi connectivity index (χ4v) is 4.43. The average molecular weight is 498 g/mol. The van der Waals surface area contributed by atoms with E-state index in [0.717, 1.165) is 16.7 Å². The van der Waals surface area contributed by atoms with Gasteiger partial charge in [0.1, 0.15) is 12.1 Å². The van der Waals surface area contributed by atoms with Gasteiger partial charge >= 0.3 is 5.97 Å². The Hall–Kier alpha value is -3.59. The number of phenols is 1. The number of methoxy groups -OCH3 is 1. The van der Waals surface area contributed by atoms with E-state index >= 15 is 0 Å². The van der Waals surface area contributed by atoms with Crippen molar-refractivity contribution in [2.45, 2.75) is 38.0 Å². The number of thioether (sulfide) groups is 1. The number of hydrogen-bond donors (Lipinski definition) is 1. The van der Waals surface area contributed by atoms with Gasteiger partial charge in [-0.2, -0.15) is 0 Å². The highest BCUT2D eigenvalue weighted by atomic mass is 32.2. The Labute approximate surface area is 207 Å². The van der Waals surface area contributed by atoms with Crippen LogP contribution in [-0.2, 0) is 20.7 Å². The van der Waals surface area contributed by atoms with E-state index in [-0.39, 0.29) is 18.0 Å². The van der Waals surface area contributed by atoms with Crippen molar-refractivity contribution in [2.75, 3.05) is 13.7 Å². The van der Waals surface area contributed by atoms with Crippen molar-refractivity contribution in [1.29, 1.82) is 0 Å². The maximum atomic E-state index is 12.7. The van der Waals surface area contributed by atoms with Gasteiger partial charge in [-0.3, -0.25) is 24.1 Å². The number of ketones is 1. The number of ether oxygens (including phenoxy) is 2. The molecular weight excluding hydrogens is 470 g/mol. The fraction of sp³-hybridized carbons (Fsp3) is 0.308. The summed E-state index contributed by atoms with van der Waals surface area (Å²) in [5.74, 6) is -1.04. The molecule has 1 saturated heterocycles. The Bertz CT molecular complexity index is 1180. The second-order valence-corrected chi connectivity index (χ2v) is 10.1. The van der Waals surface area contributed by atoms with Crippen LogP contribution >= 0.6 is 11.8 Å². The molecule has 1 heterocycles. The topological polar surface area (TPSA) is 110 Å². The molecule has 0 aromatic heterocycles. The molecule has 1 N–H and O–H groups in total. The number of aromatic hydroxyl groups is 1. The predicted octanol–water partition coefficient (Wildman–Crippen LogP) is 4.25. The average Bonchev–Trinajstić information content (AvgIpc) is 3.04. The zero-order chi connectivity index (χ0) is 25.8. The number of carbonyl (C=O) groups excluding carboxylic acids is 4. The lowest BCUT2D eigenvalue weighted by Crippen LogP contribution is -2.39. The molecule has 1 atom stereocenters. The molecule has 184 valence electrons. The second-order valence-electron chi connectivity index (χ2n) is 8.92. The van der Waals surface area contributed by atoms with E-state index in [0.29, 0.717) is 22.4 Å². The lowest BCUT2D eigenvalue weighted by atomic mass is 10.0. The minimum absolute atomic E-state index is 0.00569. The van der Waals surface area contributed by atoms with Crippen molar-refractivity contribution in [3.05, 3.63) is 65.2 Å². The highest BCUT2D eigenvalue weighted by Gasteiger charge is 2.41. The van der Waals surface area contributed by atoms with Gasteiger partial charge in [-0.1, -0.05) is 42.1 Å². The monoisotopic (exact) mass is 497 g/mol. The first kappa shape index (κ1) is 26.0. The van der Waals surface area contributed by atoms with Crippen molar-refractivity contribution in [1.82, 2.24) is 4.90 Å².